The van der Waals surface area contributed by atoms with Crippen LogP contribution in [0.15, 0.2) is 30.3 Å². The van der Waals surface area contributed by atoms with Crippen molar-refractivity contribution in [3.05, 3.63) is 39.7 Å². The largest absolute Gasteiger partial charge is 0.417 e. The van der Waals surface area contributed by atoms with Gasteiger partial charge < -0.3 is 15.0 Å². The monoisotopic (exact) mass is 515 g/mol. The summed E-state index contributed by atoms with van der Waals surface area (Å²) < 4.78 is 47.4. The van der Waals surface area contributed by atoms with Crippen LogP contribution < -0.4 is 10.2 Å². The van der Waals surface area contributed by atoms with E-state index >= 15 is 0 Å². The van der Waals surface area contributed by atoms with Crippen molar-refractivity contribution < 1.29 is 17.9 Å². The number of alkyl halides is 3. The van der Waals surface area contributed by atoms with Crippen LogP contribution in [0.3, 0.4) is 0 Å². The Morgan fingerprint density at radius 1 is 1.07 bits per heavy atom. The molecule has 0 bridgehead atoms. The Morgan fingerprint density at radius 2 is 1.83 bits per heavy atom. The Bertz CT molecular complexity index is 1050. The van der Waals surface area contributed by atoms with Crippen molar-refractivity contribution in [2.24, 2.45) is 0 Å². The summed E-state index contributed by atoms with van der Waals surface area (Å²) in [6.07, 6.45) is -4.51. The van der Waals surface area contributed by atoms with Gasteiger partial charge in [-0.05, 0) is 24.3 Å². The molecule has 1 aliphatic heterocycles. The first-order valence-corrected chi connectivity index (χ1v) is 10.0. The molecule has 1 N–H and O–H groups in total. The highest BCUT2D eigenvalue weighted by atomic mass is 127. The Kier molecular flexibility index (Phi) is 5.47. The number of hydrogen-bond acceptors (Lipinski definition) is 6. The molecule has 0 aliphatic carbocycles. The van der Waals surface area contributed by atoms with Crippen molar-refractivity contribution in [3.8, 4) is 11.3 Å². The van der Waals surface area contributed by atoms with Gasteiger partial charge in [-0.2, -0.15) is 13.2 Å². The zero-order chi connectivity index (χ0) is 20.6. The molecule has 10 heteroatoms. The van der Waals surface area contributed by atoms with Gasteiger partial charge in [-0.1, -0.05) is 6.07 Å². The van der Waals surface area contributed by atoms with E-state index in [0.717, 1.165) is 6.07 Å². The number of pyridine rings is 1. The Labute approximate surface area is 178 Å². The van der Waals surface area contributed by atoms with E-state index in [1.165, 1.54) is 6.07 Å². The van der Waals surface area contributed by atoms with Crippen LogP contribution in [0.1, 0.15) is 5.56 Å². The second kappa shape index (κ2) is 7.90. The third-order valence-electron chi connectivity index (χ3n) is 4.73. The van der Waals surface area contributed by atoms with Crippen LogP contribution in [-0.2, 0) is 10.9 Å². The highest BCUT2D eigenvalue weighted by molar-refractivity contribution is 14.1. The number of ether oxygens (including phenoxy) is 1. The highest BCUT2D eigenvalue weighted by Gasteiger charge is 2.36. The third kappa shape index (κ3) is 3.95. The zero-order valence-corrected chi connectivity index (χ0v) is 17.6. The topological polar surface area (TPSA) is 63.2 Å². The van der Waals surface area contributed by atoms with Gasteiger partial charge in [0.2, 0.25) is 0 Å². The lowest BCUT2D eigenvalue weighted by Crippen LogP contribution is -2.36. The standard InChI is InChI=1S/C19H17F3IN5O/c1-24-16-11-5-6-13(25-17(11)27-18(23)26-16)15-12(19(20,21)22)3-2-4-14(15)28-7-9-29-10-8-28/h2-6H,7-10H2,1H3,(H,24,25,26,27). The summed E-state index contributed by atoms with van der Waals surface area (Å²) in [4.78, 5) is 15.0. The van der Waals surface area contributed by atoms with Crippen LogP contribution in [-0.4, -0.2) is 48.3 Å². The lowest BCUT2D eigenvalue weighted by atomic mass is 9.99. The van der Waals surface area contributed by atoms with Crippen LogP contribution in [0.2, 0.25) is 0 Å². The van der Waals surface area contributed by atoms with Crippen molar-refractivity contribution in [2.45, 2.75) is 6.18 Å². The Morgan fingerprint density at radius 3 is 2.52 bits per heavy atom. The summed E-state index contributed by atoms with van der Waals surface area (Å²) in [5.41, 5.74) is 0.404. The molecule has 3 aromatic rings. The van der Waals surface area contributed by atoms with Crippen LogP contribution in [0.4, 0.5) is 24.7 Å². The smallest absolute Gasteiger partial charge is 0.378 e. The van der Waals surface area contributed by atoms with Gasteiger partial charge in [0.25, 0.3) is 0 Å². The molecule has 2 aromatic heterocycles. The summed E-state index contributed by atoms with van der Waals surface area (Å²) in [5, 5.41) is 3.62. The van der Waals surface area contributed by atoms with Crippen LogP contribution in [0.25, 0.3) is 22.3 Å². The number of morpholine rings is 1. The fourth-order valence-electron chi connectivity index (χ4n) is 3.43. The Balaban J connectivity index is 1.95. The number of hydrogen-bond donors (Lipinski definition) is 1. The van der Waals surface area contributed by atoms with Crippen molar-refractivity contribution >= 4 is 45.1 Å². The summed E-state index contributed by atoms with van der Waals surface area (Å²) in [6.45, 7) is 1.98. The van der Waals surface area contributed by atoms with E-state index in [9.17, 15) is 13.2 Å². The van der Waals surface area contributed by atoms with Crippen molar-refractivity contribution in [1.29, 1.82) is 0 Å². The summed E-state index contributed by atoms with van der Waals surface area (Å²) in [5.74, 6) is 0.580. The average Bonchev–Trinajstić information content (AvgIpc) is 2.72. The predicted octanol–water partition coefficient (Wildman–Crippen LogP) is 4.19. The van der Waals surface area contributed by atoms with Crippen LogP contribution in [0, 0.1) is 3.83 Å². The number of anilines is 2. The molecular weight excluding hydrogens is 498 g/mol. The Hall–Kier alpha value is -2.21. The average molecular weight is 515 g/mol. The number of nitrogens with zero attached hydrogens (tertiary/aromatic N) is 4. The van der Waals surface area contributed by atoms with Gasteiger partial charge in [-0.15, -0.1) is 0 Å². The van der Waals surface area contributed by atoms with Gasteiger partial charge >= 0.3 is 6.18 Å². The molecular formula is C19H17F3IN5O. The molecule has 0 radical (unpaired) electrons. The van der Waals surface area contributed by atoms with Gasteiger partial charge in [0.15, 0.2) is 9.48 Å². The number of benzene rings is 1. The molecule has 1 aliphatic rings. The first kappa shape index (κ1) is 20.1. The molecule has 1 aromatic carbocycles. The first-order chi connectivity index (χ1) is 13.9. The lowest BCUT2D eigenvalue weighted by molar-refractivity contribution is -0.137. The summed E-state index contributed by atoms with van der Waals surface area (Å²) in [7, 11) is 1.72. The maximum atomic E-state index is 13.9. The molecule has 6 nitrogen and oxygen atoms in total. The fourth-order valence-corrected chi connectivity index (χ4v) is 3.90. The van der Waals surface area contributed by atoms with Crippen molar-refractivity contribution in [1.82, 2.24) is 15.0 Å². The zero-order valence-electron chi connectivity index (χ0n) is 15.4. The SMILES string of the molecule is CNc1nc(I)nc2nc(-c3c(N4CCOCC4)cccc3C(F)(F)F)ccc12. The van der Waals surface area contributed by atoms with Gasteiger partial charge in [0.1, 0.15) is 5.82 Å². The van der Waals surface area contributed by atoms with Gasteiger partial charge in [-0.25, -0.2) is 15.0 Å². The number of halogens is 4. The molecule has 152 valence electrons. The van der Waals surface area contributed by atoms with Gasteiger partial charge in [-0.3, -0.25) is 0 Å². The molecule has 3 heterocycles. The normalized spacial score (nSPS) is 15.0. The molecule has 0 atom stereocenters. The van der Waals surface area contributed by atoms with Crippen LogP contribution in [0.5, 0.6) is 0 Å². The third-order valence-corrected chi connectivity index (χ3v) is 5.21. The molecule has 4 rings (SSSR count). The van der Waals surface area contributed by atoms with Crippen molar-refractivity contribution in [3.63, 3.8) is 0 Å². The van der Waals surface area contributed by atoms with Gasteiger partial charge in [0.05, 0.1) is 29.9 Å². The minimum atomic E-state index is -4.51. The maximum Gasteiger partial charge on any atom is 0.417 e. The number of nitrogens with one attached hydrogen (secondary N) is 1. The van der Waals surface area contributed by atoms with E-state index in [1.54, 1.807) is 25.2 Å². The molecule has 1 saturated heterocycles. The van der Waals surface area contributed by atoms with Crippen LogP contribution >= 0.6 is 22.6 Å². The van der Waals surface area contributed by atoms with E-state index in [0.29, 0.717) is 52.7 Å². The molecule has 29 heavy (non-hydrogen) atoms. The molecule has 0 amide bonds. The van der Waals surface area contributed by atoms with Gasteiger partial charge in [0, 0.05) is 54.0 Å². The van der Waals surface area contributed by atoms with Crippen molar-refractivity contribution in [2.75, 3.05) is 43.6 Å². The maximum absolute atomic E-state index is 13.9. The number of rotatable bonds is 3. The molecule has 0 unspecified atom stereocenters. The highest BCUT2D eigenvalue weighted by Crippen LogP contribution is 2.42. The first-order valence-electron chi connectivity index (χ1n) is 8.94. The van der Waals surface area contributed by atoms with E-state index < -0.39 is 11.7 Å². The number of fused-ring (bicyclic) bond motifs is 1. The molecule has 1 fully saturated rings. The predicted molar refractivity (Wildman–Crippen MR) is 113 cm³/mol. The van der Waals surface area contributed by atoms with E-state index in [1.807, 2.05) is 27.5 Å². The summed E-state index contributed by atoms with van der Waals surface area (Å²) >= 11 is 1.96. The second-order valence-corrected chi connectivity index (χ2v) is 7.42. The molecule has 0 spiro atoms. The van der Waals surface area contributed by atoms with E-state index in [2.05, 4.69) is 20.3 Å². The fraction of sp³-hybridized carbons (Fsp3) is 0.316. The lowest BCUT2D eigenvalue weighted by Gasteiger charge is -2.31. The quantitative estimate of drug-likeness (QED) is 0.417. The van der Waals surface area contributed by atoms with E-state index in [4.69, 9.17) is 4.74 Å². The molecule has 0 saturated carbocycles. The second-order valence-electron chi connectivity index (χ2n) is 6.46. The number of aromatic nitrogens is 3. The minimum Gasteiger partial charge on any atom is -0.378 e. The minimum absolute atomic E-state index is 0.0587. The van der Waals surface area contributed by atoms with E-state index in [-0.39, 0.29) is 11.3 Å². The summed E-state index contributed by atoms with van der Waals surface area (Å²) in [6, 6.07) is 7.52.